The zero-order chi connectivity index (χ0) is 20.9. The lowest BCUT2D eigenvalue weighted by Gasteiger charge is -2.14. The Balaban J connectivity index is 1.55. The number of carbonyl (C=O) groups is 1. The normalized spacial score (nSPS) is 11.9. The Morgan fingerprint density at radius 1 is 1.03 bits per heavy atom. The second-order valence-corrected chi connectivity index (χ2v) is 7.47. The van der Waals surface area contributed by atoms with E-state index in [4.69, 9.17) is 4.42 Å². The van der Waals surface area contributed by atoms with E-state index in [1.807, 2.05) is 74.5 Å². The van der Waals surface area contributed by atoms with Crippen molar-refractivity contribution >= 4 is 5.91 Å². The summed E-state index contributed by atoms with van der Waals surface area (Å²) in [6.45, 7) is 3.92. The van der Waals surface area contributed by atoms with Crippen LogP contribution in [0.4, 0.5) is 0 Å². The highest BCUT2D eigenvalue weighted by molar-refractivity contribution is 5.94. The summed E-state index contributed by atoms with van der Waals surface area (Å²) in [6.07, 6.45) is 1.77. The number of aromatic nitrogens is 2. The van der Waals surface area contributed by atoms with Crippen molar-refractivity contribution in [2.45, 2.75) is 32.7 Å². The monoisotopic (exact) mass is 399 g/mol. The Bertz CT molecular complexity index is 1110. The van der Waals surface area contributed by atoms with Gasteiger partial charge < -0.3 is 9.73 Å². The molecule has 5 nitrogen and oxygen atoms in total. The number of amides is 1. The fraction of sp³-hybridized carbons (Fsp3) is 0.200. The Morgan fingerprint density at radius 3 is 2.40 bits per heavy atom. The first-order chi connectivity index (χ1) is 14.6. The Labute approximate surface area is 176 Å². The third-order valence-electron chi connectivity index (χ3n) is 5.02. The lowest BCUT2D eigenvalue weighted by atomic mass is 10.1. The number of carbonyl (C=O) groups excluding carboxylic acids is 1. The number of para-hydroxylation sites is 1. The summed E-state index contributed by atoms with van der Waals surface area (Å²) >= 11 is 0. The average Bonchev–Trinajstić information content (AvgIpc) is 3.40. The maximum absolute atomic E-state index is 13.1. The van der Waals surface area contributed by atoms with Gasteiger partial charge in [0.15, 0.2) is 5.76 Å². The van der Waals surface area contributed by atoms with E-state index >= 15 is 0 Å². The van der Waals surface area contributed by atoms with Crippen molar-refractivity contribution in [3.63, 3.8) is 0 Å². The fourth-order valence-electron chi connectivity index (χ4n) is 3.40. The smallest absolute Gasteiger partial charge is 0.270 e. The highest BCUT2D eigenvalue weighted by Crippen LogP contribution is 2.24. The molecule has 1 unspecified atom stereocenters. The van der Waals surface area contributed by atoms with Crippen LogP contribution >= 0.6 is 0 Å². The maximum Gasteiger partial charge on any atom is 0.270 e. The molecule has 4 rings (SSSR count). The Hall–Kier alpha value is -3.60. The molecule has 2 aromatic carbocycles. The molecule has 152 valence electrons. The van der Waals surface area contributed by atoms with Crippen molar-refractivity contribution in [2.24, 2.45) is 0 Å². The molecule has 2 aromatic heterocycles. The molecule has 0 fully saturated rings. The van der Waals surface area contributed by atoms with Gasteiger partial charge in [-0.15, -0.1) is 0 Å². The molecule has 0 aliphatic carbocycles. The van der Waals surface area contributed by atoms with E-state index in [-0.39, 0.29) is 11.9 Å². The van der Waals surface area contributed by atoms with Crippen molar-refractivity contribution in [1.82, 2.24) is 15.1 Å². The number of nitrogens with one attached hydrogen (secondary N) is 1. The minimum atomic E-state index is -0.151. The largest absolute Gasteiger partial charge is 0.460 e. The topological polar surface area (TPSA) is 60.1 Å². The zero-order valence-corrected chi connectivity index (χ0v) is 17.2. The summed E-state index contributed by atoms with van der Waals surface area (Å²) in [5.74, 6) is 1.30. The minimum Gasteiger partial charge on any atom is -0.460 e. The molecular formula is C25H25N3O2. The van der Waals surface area contributed by atoms with Crippen LogP contribution < -0.4 is 5.32 Å². The van der Waals surface area contributed by atoms with Crippen LogP contribution in [0.25, 0.3) is 17.1 Å². The summed E-state index contributed by atoms with van der Waals surface area (Å²) < 4.78 is 7.39. The van der Waals surface area contributed by atoms with E-state index in [2.05, 4.69) is 22.5 Å². The van der Waals surface area contributed by atoms with Crippen molar-refractivity contribution in [1.29, 1.82) is 0 Å². The van der Waals surface area contributed by atoms with Crippen LogP contribution in [0.2, 0.25) is 0 Å². The van der Waals surface area contributed by atoms with Gasteiger partial charge in [0, 0.05) is 12.1 Å². The van der Waals surface area contributed by atoms with Crippen LogP contribution in [0, 0.1) is 6.92 Å². The van der Waals surface area contributed by atoms with E-state index in [1.165, 1.54) is 5.56 Å². The van der Waals surface area contributed by atoms with E-state index in [0.717, 1.165) is 24.3 Å². The first-order valence-electron chi connectivity index (χ1n) is 10.2. The number of hydrogen-bond acceptors (Lipinski definition) is 3. The van der Waals surface area contributed by atoms with Crippen molar-refractivity contribution < 1.29 is 9.21 Å². The van der Waals surface area contributed by atoms with Gasteiger partial charge in [0.25, 0.3) is 5.91 Å². The maximum atomic E-state index is 13.1. The highest BCUT2D eigenvalue weighted by Gasteiger charge is 2.20. The quantitative estimate of drug-likeness (QED) is 0.465. The molecule has 30 heavy (non-hydrogen) atoms. The summed E-state index contributed by atoms with van der Waals surface area (Å²) in [7, 11) is 0. The van der Waals surface area contributed by atoms with E-state index in [9.17, 15) is 4.79 Å². The summed E-state index contributed by atoms with van der Waals surface area (Å²) in [6, 6.07) is 25.5. The van der Waals surface area contributed by atoms with Gasteiger partial charge in [0.1, 0.15) is 17.1 Å². The highest BCUT2D eigenvalue weighted by atomic mass is 16.3. The zero-order valence-electron chi connectivity index (χ0n) is 17.2. The van der Waals surface area contributed by atoms with Gasteiger partial charge in [-0.05, 0) is 56.5 Å². The first-order valence-corrected chi connectivity index (χ1v) is 10.2. The first kappa shape index (κ1) is 19.7. The summed E-state index contributed by atoms with van der Waals surface area (Å²) in [4.78, 5) is 13.1. The van der Waals surface area contributed by atoms with Crippen molar-refractivity contribution in [2.75, 3.05) is 0 Å². The van der Waals surface area contributed by atoms with Gasteiger partial charge in [0.05, 0.1) is 5.69 Å². The molecule has 0 aliphatic heterocycles. The number of rotatable bonds is 7. The van der Waals surface area contributed by atoms with Crippen molar-refractivity contribution in [3.8, 4) is 17.1 Å². The standard InChI is InChI=1S/C25H25N3O2/c1-18(13-15-20-9-5-3-6-10-20)26-25(29)23-17-22(24-16-14-19(2)30-24)27-28(23)21-11-7-4-8-12-21/h3-12,14,16-18H,13,15H2,1-2H3,(H,26,29). The molecule has 2 heterocycles. The van der Waals surface area contributed by atoms with E-state index < -0.39 is 0 Å². The lowest BCUT2D eigenvalue weighted by Crippen LogP contribution is -2.34. The number of hydrogen-bond donors (Lipinski definition) is 1. The second kappa shape index (κ2) is 8.82. The predicted octanol–water partition coefficient (Wildman–Crippen LogP) is 5.19. The molecular weight excluding hydrogens is 374 g/mol. The Morgan fingerprint density at radius 2 is 1.73 bits per heavy atom. The SMILES string of the molecule is Cc1ccc(-c2cc(C(=O)NC(C)CCc3ccccc3)n(-c3ccccc3)n2)o1. The van der Waals surface area contributed by atoms with Crippen LogP contribution in [-0.2, 0) is 6.42 Å². The van der Waals surface area contributed by atoms with Crippen LogP contribution in [0.1, 0.15) is 35.2 Å². The van der Waals surface area contributed by atoms with Gasteiger partial charge in [-0.1, -0.05) is 48.5 Å². The average molecular weight is 399 g/mol. The summed E-state index contributed by atoms with van der Waals surface area (Å²) in [5.41, 5.74) is 3.21. The Kier molecular flexibility index (Phi) is 5.80. The van der Waals surface area contributed by atoms with Gasteiger partial charge in [-0.2, -0.15) is 5.10 Å². The number of furan rings is 1. The molecule has 0 bridgehead atoms. The number of aryl methyl sites for hydroxylation is 2. The molecule has 1 N–H and O–H groups in total. The third kappa shape index (κ3) is 4.51. The molecule has 1 amide bonds. The van der Waals surface area contributed by atoms with Crippen LogP contribution in [0.3, 0.4) is 0 Å². The van der Waals surface area contributed by atoms with Gasteiger partial charge in [-0.3, -0.25) is 4.79 Å². The van der Waals surface area contributed by atoms with Gasteiger partial charge >= 0.3 is 0 Å². The van der Waals surface area contributed by atoms with E-state index in [1.54, 1.807) is 10.7 Å². The molecule has 1 atom stereocenters. The van der Waals surface area contributed by atoms with E-state index in [0.29, 0.717) is 17.1 Å². The molecule has 5 heteroatoms. The molecule has 4 aromatic rings. The fourth-order valence-corrected chi connectivity index (χ4v) is 3.40. The molecule has 0 saturated heterocycles. The number of nitrogens with zero attached hydrogens (tertiary/aromatic N) is 2. The minimum absolute atomic E-state index is 0.0335. The summed E-state index contributed by atoms with van der Waals surface area (Å²) in [5, 5.41) is 7.76. The van der Waals surface area contributed by atoms with Crippen LogP contribution in [0.5, 0.6) is 0 Å². The van der Waals surface area contributed by atoms with Crippen LogP contribution in [0.15, 0.2) is 83.3 Å². The van der Waals surface area contributed by atoms with Gasteiger partial charge in [0.2, 0.25) is 0 Å². The number of benzene rings is 2. The molecule has 0 saturated carbocycles. The molecule has 0 radical (unpaired) electrons. The third-order valence-corrected chi connectivity index (χ3v) is 5.02. The van der Waals surface area contributed by atoms with Crippen LogP contribution in [-0.4, -0.2) is 21.7 Å². The predicted molar refractivity (Wildman–Crippen MR) is 118 cm³/mol. The molecule has 0 spiro atoms. The van der Waals surface area contributed by atoms with Gasteiger partial charge in [-0.25, -0.2) is 4.68 Å². The molecule has 0 aliphatic rings. The van der Waals surface area contributed by atoms with Crippen molar-refractivity contribution in [3.05, 3.63) is 95.9 Å². The second-order valence-electron chi connectivity index (χ2n) is 7.47. The lowest BCUT2D eigenvalue weighted by molar-refractivity contribution is 0.0930.